The molecule has 0 saturated carbocycles. The van der Waals surface area contributed by atoms with Gasteiger partial charge in [0.2, 0.25) is 0 Å². The van der Waals surface area contributed by atoms with Crippen molar-refractivity contribution in [1.29, 1.82) is 0 Å². The molecule has 4 heteroatoms. The number of benzene rings is 2. The molecule has 1 aliphatic rings. The van der Waals surface area contributed by atoms with Gasteiger partial charge in [0.05, 0.1) is 25.7 Å². The first-order chi connectivity index (χ1) is 13.2. The first-order valence-electron chi connectivity index (χ1n) is 9.83. The molecule has 4 nitrogen and oxygen atoms in total. The minimum Gasteiger partial charge on any atom is -0.455 e. The highest BCUT2D eigenvalue weighted by Gasteiger charge is 2.25. The molecule has 1 saturated heterocycles. The Morgan fingerprint density at radius 2 is 1.70 bits per heavy atom. The van der Waals surface area contributed by atoms with Gasteiger partial charge in [-0.2, -0.15) is 0 Å². The third-order valence-electron chi connectivity index (χ3n) is 5.69. The van der Waals surface area contributed by atoms with Crippen molar-refractivity contribution in [3.8, 4) is 5.69 Å². The van der Waals surface area contributed by atoms with Crippen LogP contribution in [-0.4, -0.2) is 48.3 Å². The first kappa shape index (κ1) is 17.8. The van der Waals surface area contributed by atoms with Crippen molar-refractivity contribution in [3.05, 3.63) is 66.4 Å². The van der Waals surface area contributed by atoms with Gasteiger partial charge in [0, 0.05) is 11.1 Å². The van der Waals surface area contributed by atoms with Gasteiger partial charge in [0.1, 0.15) is 18.8 Å². The van der Waals surface area contributed by atoms with E-state index in [1.807, 2.05) is 65.2 Å². The summed E-state index contributed by atoms with van der Waals surface area (Å²) in [5.41, 5.74) is 2.58. The number of quaternary nitrogens is 1. The van der Waals surface area contributed by atoms with Gasteiger partial charge in [-0.3, -0.25) is 0 Å². The van der Waals surface area contributed by atoms with Gasteiger partial charge in [0.15, 0.2) is 0 Å². The number of likely N-dealkylation sites (N-methyl/N-ethyl adjacent to an activating group) is 1. The lowest BCUT2D eigenvalue weighted by Gasteiger charge is -2.37. The van der Waals surface area contributed by atoms with Crippen LogP contribution in [0, 0.1) is 0 Å². The molecule has 3 aromatic rings. The fraction of sp³-hybridized carbons (Fsp3) is 0.348. The zero-order valence-electron chi connectivity index (χ0n) is 15.9. The maximum Gasteiger partial charge on any atom is 0.355 e. The van der Waals surface area contributed by atoms with Crippen molar-refractivity contribution in [3.63, 3.8) is 0 Å². The summed E-state index contributed by atoms with van der Waals surface area (Å²) in [5.74, 6) is -0.251. The van der Waals surface area contributed by atoms with Crippen LogP contribution in [0.5, 0.6) is 0 Å². The summed E-state index contributed by atoms with van der Waals surface area (Å²) >= 11 is 0. The Balaban J connectivity index is 1.56. The Bertz CT molecular complexity index is 924. The summed E-state index contributed by atoms with van der Waals surface area (Å²) in [5, 5.41) is 1.04. The van der Waals surface area contributed by atoms with Crippen LogP contribution in [0.2, 0.25) is 0 Å². The number of hydrogen-bond donors (Lipinski definition) is 0. The van der Waals surface area contributed by atoms with Gasteiger partial charge in [-0.1, -0.05) is 36.4 Å². The lowest BCUT2D eigenvalue weighted by Crippen LogP contribution is -2.49. The molecule has 0 bridgehead atoms. The Hall–Kier alpha value is -2.59. The number of esters is 1. The van der Waals surface area contributed by atoms with Gasteiger partial charge < -0.3 is 13.8 Å². The summed E-state index contributed by atoms with van der Waals surface area (Å²) in [6, 6.07) is 20.0. The molecule has 0 unspecified atom stereocenters. The third kappa shape index (κ3) is 3.76. The summed E-state index contributed by atoms with van der Waals surface area (Å²) < 4.78 is 8.72. The molecule has 0 N–H and O–H groups in total. The largest absolute Gasteiger partial charge is 0.455 e. The number of carbonyl (C=O) groups excluding carboxylic acids is 1. The van der Waals surface area contributed by atoms with Crippen LogP contribution in [0.3, 0.4) is 0 Å². The first-order valence-corrected chi connectivity index (χ1v) is 9.83. The molecule has 1 aliphatic heterocycles. The van der Waals surface area contributed by atoms with E-state index in [4.69, 9.17) is 4.74 Å². The molecule has 0 aliphatic carbocycles. The highest BCUT2D eigenvalue weighted by atomic mass is 16.5. The predicted octanol–water partition coefficient (Wildman–Crippen LogP) is 4.42. The molecule has 0 amide bonds. The smallest absolute Gasteiger partial charge is 0.355 e. The topological polar surface area (TPSA) is 31.2 Å². The summed E-state index contributed by atoms with van der Waals surface area (Å²) in [6.45, 7) is 3.71. The number of aromatic nitrogens is 1. The molecular formula is C23H27N2O2+. The van der Waals surface area contributed by atoms with Crippen LogP contribution in [0.15, 0.2) is 60.7 Å². The van der Waals surface area contributed by atoms with E-state index in [0.29, 0.717) is 12.3 Å². The van der Waals surface area contributed by atoms with E-state index in [2.05, 4.69) is 7.05 Å². The van der Waals surface area contributed by atoms with Gasteiger partial charge in [-0.25, -0.2) is 4.79 Å². The monoisotopic (exact) mass is 363 g/mol. The summed E-state index contributed by atoms with van der Waals surface area (Å²) in [4.78, 5) is 12.9. The van der Waals surface area contributed by atoms with E-state index in [-0.39, 0.29) is 5.97 Å². The minimum absolute atomic E-state index is 0.251. The van der Waals surface area contributed by atoms with E-state index in [0.717, 1.165) is 27.6 Å². The SMILES string of the molecule is C[N+]1(CCOC(=O)c2cc3ccccc3n2-c2ccccc2)CCCCC1. The number of para-hydroxylation sites is 2. The lowest BCUT2D eigenvalue weighted by atomic mass is 10.1. The number of fused-ring (bicyclic) bond motifs is 1. The van der Waals surface area contributed by atoms with Gasteiger partial charge in [0.25, 0.3) is 0 Å². The van der Waals surface area contributed by atoms with E-state index in [1.54, 1.807) is 0 Å². The Kier molecular flexibility index (Phi) is 4.99. The number of carbonyl (C=O) groups is 1. The predicted molar refractivity (Wildman–Crippen MR) is 108 cm³/mol. The van der Waals surface area contributed by atoms with Crippen molar-refractivity contribution in [2.24, 2.45) is 0 Å². The summed E-state index contributed by atoms with van der Waals surface area (Å²) in [7, 11) is 2.27. The number of likely N-dealkylation sites (tertiary alicyclic amines) is 1. The van der Waals surface area contributed by atoms with E-state index in [1.165, 1.54) is 32.4 Å². The molecule has 0 radical (unpaired) electrons. The lowest BCUT2D eigenvalue weighted by molar-refractivity contribution is -0.914. The number of rotatable bonds is 5. The average Bonchev–Trinajstić information content (AvgIpc) is 3.09. The molecule has 4 rings (SSSR count). The third-order valence-corrected chi connectivity index (χ3v) is 5.69. The maximum absolute atomic E-state index is 12.9. The van der Waals surface area contributed by atoms with Crippen LogP contribution < -0.4 is 0 Å². The van der Waals surface area contributed by atoms with Crippen molar-refractivity contribution in [2.75, 3.05) is 33.3 Å². The quantitative estimate of drug-likeness (QED) is 0.496. The van der Waals surface area contributed by atoms with Gasteiger partial charge >= 0.3 is 5.97 Å². The van der Waals surface area contributed by atoms with Crippen molar-refractivity contribution in [2.45, 2.75) is 19.3 Å². The average molecular weight is 363 g/mol. The van der Waals surface area contributed by atoms with Crippen LogP contribution in [0.1, 0.15) is 29.8 Å². The number of piperidine rings is 1. The van der Waals surface area contributed by atoms with E-state index >= 15 is 0 Å². The van der Waals surface area contributed by atoms with Gasteiger partial charge in [-0.15, -0.1) is 0 Å². The zero-order chi connectivity index (χ0) is 18.7. The molecule has 0 spiro atoms. The Morgan fingerprint density at radius 1 is 1.00 bits per heavy atom. The molecule has 27 heavy (non-hydrogen) atoms. The Morgan fingerprint density at radius 3 is 2.48 bits per heavy atom. The maximum atomic E-state index is 12.9. The molecule has 1 fully saturated rings. The highest BCUT2D eigenvalue weighted by molar-refractivity contribution is 5.97. The van der Waals surface area contributed by atoms with E-state index < -0.39 is 0 Å². The number of ether oxygens (including phenoxy) is 1. The zero-order valence-corrected chi connectivity index (χ0v) is 15.9. The van der Waals surface area contributed by atoms with Crippen molar-refractivity contribution >= 4 is 16.9 Å². The molecule has 2 heterocycles. The second-order valence-electron chi connectivity index (χ2n) is 7.75. The van der Waals surface area contributed by atoms with Crippen LogP contribution in [-0.2, 0) is 4.74 Å². The second-order valence-corrected chi connectivity index (χ2v) is 7.75. The highest BCUT2D eigenvalue weighted by Crippen LogP contribution is 2.25. The normalized spacial score (nSPS) is 16.3. The summed E-state index contributed by atoms with van der Waals surface area (Å²) in [6.07, 6.45) is 3.87. The molecule has 140 valence electrons. The molecule has 1 aromatic heterocycles. The van der Waals surface area contributed by atoms with Crippen molar-refractivity contribution in [1.82, 2.24) is 4.57 Å². The minimum atomic E-state index is -0.251. The van der Waals surface area contributed by atoms with Crippen LogP contribution in [0.4, 0.5) is 0 Å². The van der Waals surface area contributed by atoms with E-state index in [9.17, 15) is 4.79 Å². The molecule has 0 atom stereocenters. The fourth-order valence-electron chi connectivity index (χ4n) is 4.09. The molecule has 2 aromatic carbocycles. The van der Waals surface area contributed by atoms with Gasteiger partial charge in [-0.05, 0) is 43.5 Å². The number of nitrogens with zero attached hydrogens (tertiary/aromatic N) is 2. The second kappa shape index (κ2) is 7.57. The molecular weight excluding hydrogens is 336 g/mol. The van der Waals surface area contributed by atoms with Crippen LogP contribution in [0.25, 0.3) is 16.6 Å². The standard InChI is InChI=1S/C23H27N2O2/c1-25(14-8-3-9-15-25)16-17-27-23(26)22-18-19-10-6-7-13-21(19)24(22)20-11-4-2-5-12-20/h2,4-7,10-13,18H,3,8-9,14-17H2,1H3/q+1. The van der Waals surface area contributed by atoms with Crippen LogP contribution >= 0.6 is 0 Å². The Labute approximate surface area is 160 Å². The number of hydrogen-bond acceptors (Lipinski definition) is 2. The van der Waals surface area contributed by atoms with Crippen molar-refractivity contribution < 1.29 is 14.0 Å². The fourth-order valence-corrected chi connectivity index (χ4v) is 4.09.